The van der Waals surface area contributed by atoms with Crippen molar-refractivity contribution in [3.63, 3.8) is 0 Å². The second kappa shape index (κ2) is 7.93. The van der Waals surface area contributed by atoms with Crippen molar-refractivity contribution in [2.45, 2.75) is 25.5 Å². The molecular weight excluding hydrogens is 330 g/mol. The molecule has 0 spiro atoms. The summed E-state index contributed by atoms with van der Waals surface area (Å²) in [6.45, 7) is 4.43. The lowest BCUT2D eigenvalue weighted by Crippen LogP contribution is -2.49. The van der Waals surface area contributed by atoms with Gasteiger partial charge in [-0.2, -0.15) is 0 Å². The normalized spacial score (nSPS) is 20.2. The first-order valence-corrected chi connectivity index (χ1v) is 8.98. The highest BCUT2D eigenvalue weighted by Gasteiger charge is 2.25. The largest absolute Gasteiger partial charge is 0.376 e. The molecule has 0 radical (unpaired) electrons. The quantitative estimate of drug-likeness (QED) is 0.510. The van der Waals surface area contributed by atoms with Crippen molar-refractivity contribution >= 4 is 28.3 Å². The van der Waals surface area contributed by atoms with Crippen LogP contribution in [-0.4, -0.2) is 50.8 Å². The van der Waals surface area contributed by atoms with Gasteiger partial charge in [0.1, 0.15) is 5.00 Å². The lowest BCUT2D eigenvalue weighted by atomic mass is 10.1. The molecule has 1 aromatic heterocycles. The van der Waals surface area contributed by atoms with E-state index in [1.54, 1.807) is 0 Å². The Labute approximate surface area is 144 Å². The SMILES string of the molecule is NC(=O)c1c(NC(=O)NCCC2CNCCN2)sc2c1CCOC2. The van der Waals surface area contributed by atoms with Crippen LogP contribution >= 0.6 is 11.3 Å². The first kappa shape index (κ1) is 17.2. The minimum atomic E-state index is -0.512. The van der Waals surface area contributed by atoms with E-state index in [0.29, 0.717) is 42.8 Å². The van der Waals surface area contributed by atoms with Gasteiger partial charge < -0.3 is 26.4 Å². The number of anilines is 1. The van der Waals surface area contributed by atoms with Crippen LogP contribution in [0.3, 0.4) is 0 Å². The molecule has 1 fully saturated rings. The molecular formula is C15H23N5O3S. The Morgan fingerprint density at radius 2 is 2.25 bits per heavy atom. The van der Waals surface area contributed by atoms with E-state index in [1.807, 2.05) is 0 Å². The van der Waals surface area contributed by atoms with Gasteiger partial charge in [-0.1, -0.05) is 0 Å². The van der Waals surface area contributed by atoms with E-state index in [9.17, 15) is 9.59 Å². The Hall–Kier alpha value is -1.68. The summed E-state index contributed by atoms with van der Waals surface area (Å²) in [6, 6.07) is 0.0483. The molecule has 24 heavy (non-hydrogen) atoms. The first-order valence-electron chi connectivity index (χ1n) is 8.16. The van der Waals surface area contributed by atoms with Gasteiger partial charge in [-0.05, 0) is 18.4 Å². The third kappa shape index (κ3) is 4.04. The van der Waals surface area contributed by atoms with Crippen molar-refractivity contribution in [1.29, 1.82) is 0 Å². The molecule has 6 N–H and O–H groups in total. The van der Waals surface area contributed by atoms with Crippen LogP contribution in [0.2, 0.25) is 0 Å². The lowest BCUT2D eigenvalue weighted by molar-refractivity contribution is 0.0991. The van der Waals surface area contributed by atoms with Crippen LogP contribution in [0.25, 0.3) is 0 Å². The van der Waals surface area contributed by atoms with Crippen LogP contribution < -0.4 is 27.0 Å². The van der Waals surface area contributed by atoms with Crippen molar-refractivity contribution in [1.82, 2.24) is 16.0 Å². The van der Waals surface area contributed by atoms with E-state index in [2.05, 4.69) is 21.3 Å². The monoisotopic (exact) mass is 353 g/mol. The number of thiophene rings is 1. The number of fused-ring (bicyclic) bond motifs is 1. The predicted molar refractivity (Wildman–Crippen MR) is 92.5 cm³/mol. The molecule has 3 amide bonds. The number of ether oxygens (including phenoxy) is 1. The average molecular weight is 353 g/mol. The van der Waals surface area contributed by atoms with E-state index in [4.69, 9.17) is 10.5 Å². The maximum Gasteiger partial charge on any atom is 0.319 e. The molecule has 1 saturated heterocycles. The van der Waals surface area contributed by atoms with Crippen molar-refractivity contribution < 1.29 is 14.3 Å². The Morgan fingerprint density at radius 1 is 1.38 bits per heavy atom. The molecule has 1 atom stereocenters. The fourth-order valence-corrected chi connectivity index (χ4v) is 4.19. The van der Waals surface area contributed by atoms with E-state index in [0.717, 1.165) is 36.5 Å². The van der Waals surface area contributed by atoms with Gasteiger partial charge in [0.15, 0.2) is 0 Å². The topological polar surface area (TPSA) is 118 Å². The van der Waals surface area contributed by atoms with Crippen molar-refractivity contribution in [3.8, 4) is 0 Å². The Morgan fingerprint density at radius 3 is 3.00 bits per heavy atom. The molecule has 0 aliphatic carbocycles. The summed E-state index contributed by atoms with van der Waals surface area (Å²) in [5.74, 6) is -0.512. The molecule has 0 bridgehead atoms. The summed E-state index contributed by atoms with van der Waals surface area (Å²) < 4.78 is 5.40. The molecule has 1 unspecified atom stereocenters. The van der Waals surface area contributed by atoms with Gasteiger partial charge in [-0.25, -0.2) is 4.79 Å². The van der Waals surface area contributed by atoms with Gasteiger partial charge in [0.25, 0.3) is 5.91 Å². The fourth-order valence-electron chi connectivity index (χ4n) is 3.01. The third-order valence-corrected chi connectivity index (χ3v) is 5.32. The zero-order valence-corrected chi connectivity index (χ0v) is 14.3. The van der Waals surface area contributed by atoms with Gasteiger partial charge >= 0.3 is 6.03 Å². The van der Waals surface area contributed by atoms with Crippen LogP contribution in [0.15, 0.2) is 0 Å². The number of rotatable bonds is 5. The van der Waals surface area contributed by atoms with Crippen LogP contribution in [0.1, 0.15) is 27.2 Å². The maximum absolute atomic E-state index is 12.1. The second-order valence-corrected chi connectivity index (χ2v) is 7.00. The number of carbonyl (C=O) groups is 2. The summed E-state index contributed by atoms with van der Waals surface area (Å²) in [7, 11) is 0. The van der Waals surface area contributed by atoms with Gasteiger partial charge in [-0.15, -0.1) is 11.3 Å². The Kier molecular flexibility index (Phi) is 5.67. The minimum absolute atomic E-state index is 0.319. The van der Waals surface area contributed by atoms with Crippen LogP contribution in [0, 0.1) is 0 Å². The Bertz CT molecular complexity index is 612. The van der Waals surface area contributed by atoms with Crippen molar-refractivity contribution in [2.24, 2.45) is 5.73 Å². The summed E-state index contributed by atoms with van der Waals surface area (Å²) in [5, 5.41) is 12.8. The summed E-state index contributed by atoms with van der Waals surface area (Å²) in [6.07, 6.45) is 1.49. The van der Waals surface area contributed by atoms with Gasteiger partial charge in [0.2, 0.25) is 0 Å². The van der Waals surface area contributed by atoms with E-state index >= 15 is 0 Å². The number of nitrogens with two attached hydrogens (primary N) is 1. The number of primary amides is 1. The highest BCUT2D eigenvalue weighted by Crippen LogP contribution is 2.36. The Balaban J connectivity index is 1.56. The number of hydrogen-bond acceptors (Lipinski definition) is 6. The highest BCUT2D eigenvalue weighted by molar-refractivity contribution is 7.17. The molecule has 0 saturated carbocycles. The van der Waals surface area contributed by atoms with Gasteiger partial charge in [-0.3, -0.25) is 10.1 Å². The van der Waals surface area contributed by atoms with Crippen LogP contribution in [-0.2, 0) is 17.8 Å². The summed E-state index contributed by atoms with van der Waals surface area (Å²) in [5.41, 5.74) is 6.83. The minimum Gasteiger partial charge on any atom is -0.376 e. The van der Waals surface area contributed by atoms with Crippen molar-refractivity contribution in [2.75, 3.05) is 38.1 Å². The maximum atomic E-state index is 12.1. The molecule has 132 valence electrons. The van der Waals surface area contributed by atoms with Gasteiger partial charge in [0.05, 0.1) is 18.8 Å². The number of urea groups is 1. The summed E-state index contributed by atoms with van der Waals surface area (Å²) in [4.78, 5) is 24.8. The molecule has 0 aromatic carbocycles. The molecule has 1 aromatic rings. The van der Waals surface area contributed by atoms with E-state index in [1.165, 1.54) is 11.3 Å². The molecule has 2 aliphatic rings. The zero-order valence-electron chi connectivity index (χ0n) is 13.4. The van der Waals surface area contributed by atoms with E-state index < -0.39 is 5.91 Å². The molecule has 3 heterocycles. The molecule has 3 rings (SSSR count). The molecule has 2 aliphatic heterocycles. The van der Waals surface area contributed by atoms with Gasteiger partial charge in [0, 0.05) is 37.1 Å². The summed E-state index contributed by atoms with van der Waals surface area (Å²) >= 11 is 1.36. The fraction of sp³-hybridized carbons (Fsp3) is 0.600. The smallest absolute Gasteiger partial charge is 0.319 e. The number of hydrogen-bond donors (Lipinski definition) is 5. The lowest BCUT2D eigenvalue weighted by Gasteiger charge is -2.24. The second-order valence-electron chi connectivity index (χ2n) is 5.90. The zero-order chi connectivity index (χ0) is 16.9. The standard InChI is InChI=1S/C15H23N5O3S/c16-13(21)12-10-2-6-23-8-11(10)24-14(12)20-15(22)19-3-1-9-7-17-4-5-18-9/h9,17-18H,1-8H2,(H2,16,21)(H2,19,20,22). The van der Waals surface area contributed by atoms with E-state index in [-0.39, 0.29) is 6.03 Å². The number of carbonyl (C=O) groups excluding carboxylic acids is 2. The van der Waals surface area contributed by atoms with Crippen LogP contribution in [0.5, 0.6) is 0 Å². The number of nitrogens with one attached hydrogen (secondary N) is 4. The van der Waals surface area contributed by atoms with Crippen molar-refractivity contribution in [3.05, 3.63) is 16.0 Å². The number of piperazine rings is 1. The molecule has 8 nitrogen and oxygen atoms in total. The third-order valence-electron chi connectivity index (χ3n) is 4.20. The first-order chi connectivity index (χ1) is 11.6. The van der Waals surface area contributed by atoms with Crippen LogP contribution in [0.4, 0.5) is 9.80 Å². The molecule has 9 heteroatoms. The number of amides is 3. The predicted octanol–water partition coefficient (Wildman–Crippen LogP) is -0.00730. The average Bonchev–Trinajstić information content (AvgIpc) is 2.93. The highest BCUT2D eigenvalue weighted by atomic mass is 32.1.